The molecule has 3 rings (SSSR count). The summed E-state index contributed by atoms with van der Waals surface area (Å²) >= 11 is 0. The van der Waals surface area contributed by atoms with Crippen LogP contribution in [0.3, 0.4) is 0 Å². The van der Waals surface area contributed by atoms with Crippen molar-refractivity contribution >= 4 is 17.7 Å². The number of aliphatic carboxylic acids is 1. The summed E-state index contributed by atoms with van der Waals surface area (Å²) in [4.78, 5) is 30.4. The van der Waals surface area contributed by atoms with E-state index in [1.807, 2.05) is 0 Å². The lowest BCUT2D eigenvalue weighted by Gasteiger charge is -2.37. The molecule has 0 spiro atoms. The van der Waals surface area contributed by atoms with E-state index in [9.17, 15) is 22.8 Å². The molecule has 1 amide bonds. The number of halogens is 3. The van der Waals surface area contributed by atoms with E-state index in [1.54, 1.807) is 9.80 Å². The first-order valence-electron chi connectivity index (χ1n) is 8.06. The summed E-state index contributed by atoms with van der Waals surface area (Å²) in [7, 11) is 0. The average Bonchev–Trinajstić information content (AvgIpc) is 2.96. The second kappa shape index (κ2) is 6.53. The fourth-order valence-electron chi connectivity index (χ4n) is 3.42. The van der Waals surface area contributed by atoms with Crippen LogP contribution < -0.4 is 4.90 Å². The SMILES string of the molecule is O=C(O)C1CC(=O)N(C2CCN(c3cc(C(F)(F)F)ccn3)CC2)C1. The summed E-state index contributed by atoms with van der Waals surface area (Å²) < 4.78 is 38.4. The standard InChI is InChI=1S/C16H18F3N3O3/c17-16(18,19)11-1-4-20-13(8-11)21-5-2-12(3-6-21)22-9-10(15(24)25)7-14(22)23/h1,4,8,10,12H,2-3,5-7,9H2,(H,24,25). The minimum absolute atomic E-state index is 0.0186. The van der Waals surface area contributed by atoms with Crippen LogP contribution in [0.25, 0.3) is 0 Å². The number of carbonyl (C=O) groups excluding carboxylic acids is 1. The number of likely N-dealkylation sites (tertiary alicyclic amines) is 1. The summed E-state index contributed by atoms with van der Waals surface area (Å²) in [6.45, 7) is 1.15. The fraction of sp³-hybridized carbons (Fsp3) is 0.562. The van der Waals surface area contributed by atoms with Crippen molar-refractivity contribution in [2.75, 3.05) is 24.5 Å². The molecule has 0 aliphatic carbocycles. The van der Waals surface area contributed by atoms with Gasteiger partial charge in [0, 0.05) is 38.3 Å². The van der Waals surface area contributed by atoms with Gasteiger partial charge in [0.1, 0.15) is 5.82 Å². The molecule has 6 nitrogen and oxygen atoms in total. The third kappa shape index (κ3) is 3.69. The average molecular weight is 357 g/mol. The minimum Gasteiger partial charge on any atom is -0.481 e. The van der Waals surface area contributed by atoms with E-state index in [1.165, 1.54) is 0 Å². The van der Waals surface area contributed by atoms with E-state index < -0.39 is 23.6 Å². The van der Waals surface area contributed by atoms with Crippen molar-refractivity contribution in [3.63, 3.8) is 0 Å². The van der Waals surface area contributed by atoms with Crippen molar-refractivity contribution in [3.8, 4) is 0 Å². The highest BCUT2D eigenvalue weighted by molar-refractivity contribution is 5.86. The largest absolute Gasteiger partial charge is 0.481 e. The number of pyridine rings is 1. The van der Waals surface area contributed by atoms with Gasteiger partial charge in [0.25, 0.3) is 0 Å². The van der Waals surface area contributed by atoms with Crippen molar-refractivity contribution in [1.29, 1.82) is 0 Å². The molecule has 0 saturated carbocycles. The van der Waals surface area contributed by atoms with Gasteiger partial charge in [-0.05, 0) is 25.0 Å². The Morgan fingerprint density at radius 3 is 2.52 bits per heavy atom. The highest BCUT2D eigenvalue weighted by atomic mass is 19.4. The number of aromatic nitrogens is 1. The lowest BCUT2D eigenvalue weighted by Crippen LogP contribution is -2.46. The molecular weight excluding hydrogens is 339 g/mol. The lowest BCUT2D eigenvalue weighted by molar-refractivity contribution is -0.141. The molecule has 25 heavy (non-hydrogen) atoms. The summed E-state index contributed by atoms with van der Waals surface area (Å²) in [6.07, 6.45) is -2.09. The smallest absolute Gasteiger partial charge is 0.416 e. The third-order valence-corrected chi connectivity index (χ3v) is 4.81. The van der Waals surface area contributed by atoms with Gasteiger partial charge in [-0.3, -0.25) is 9.59 Å². The summed E-state index contributed by atoms with van der Waals surface area (Å²) in [5, 5.41) is 9.04. The minimum atomic E-state index is -4.41. The molecule has 2 aliphatic heterocycles. The number of carboxylic acid groups (broad SMARTS) is 1. The molecule has 136 valence electrons. The van der Waals surface area contributed by atoms with Crippen LogP contribution in [0.1, 0.15) is 24.8 Å². The van der Waals surface area contributed by atoms with E-state index in [-0.39, 0.29) is 30.7 Å². The second-order valence-corrected chi connectivity index (χ2v) is 6.40. The van der Waals surface area contributed by atoms with E-state index in [0.717, 1.165) is 18.3 Å². The molecule has 2 fully saturated rings. The number of carbonyl (C=O) groups is 2. The Hall–Kier alpha value is -2.32. The molecule has 1 atom stereocenters. The highest BCUT2D eigenvalue weighted by Crippen LogP contribution is 2.32. The number of amides is 1. The Balaban J connectivity index is 1.63. The maximum Gasteiger partial charge on any atom is 0.416 e. The van der Waals surface area contributed by atoms with Crippen molar-refractivity contribution in [3.05, 3.63) is 23.9 Å². The number of rotatable bonds is 3. The molecule has 1 unspecified atom stereocenters. The second-order valence-electron chi connectivity index (χ2n) is 6.40. The van der Waals surface area contributed by atoms with Crippen molar-refractivity contribution in [1.82, 2.24) is 9.88 Å². The Morgan fingerprint density at radius 1 is 1.28 bits per heavy atom. The Kier molecular flexibility index (Phi) is 4.57. The predicted octanol–water partition coefficient (Wildman–Crippen LogP) is 2.00. The zero-order valence-electron chi connectivity index (χ0n) is 13.4. The van der Waals surface area contributed by atoms with Crippen LogP contribution >= 0.6 is 0 Å². The zero-order chi connectivity index (χ0) is 18.2. The summed E-state index contributed by atoms with van der Waals surface area (Å²) in [5.41, 5.74) is -0.737. The molecule has 0 radical (unpaired) electrons. The van der Waals surface area contributed by atoms with Gasteiger partial charge in [0.15, 0.2) is 0 Å². The van der Waals surface area contributed by atoms with Crippen LogP contribution in [0.15, 0.2) is 18.3 Å². The predicted molar refractivity (Wildman–Crippen MR) is 81.9 cm³/mol. The number of piperidine rings is 1. The van der Waals surface area contributed by atoms with Crippen LogP contribution in [-0.2, 0) is 15.8 Å². The normalized spacial score (nSPS) is 22.5. The highest BCUT2D eigenvalue weighted by Gasteiger charge is 2.39. The first-order chi connectivity index (χ1) is 11.8. The first-order valence-corrected chi connectivity index (χ1v) is 8.06. The zero-order valence-corrected chi connectivity index (χ0v) is 13.4. The van der Waals surface area contributed by atoms with Crippen LogP contribution in [0, 0.1) is 5.92 Å². The number of nitrogens with zero attached hydrogens (tertiary/aromatic N) is 3. The van der Waals surface area contributed by atoms with E-state index in [4.69, 9.17) is 5.11 Å². The summed E-state index contributed by atoms with van der Waals surface area (Å²) in [6, 6.07) is 1.89. The number of anilines is 1. The Labute approximate surface area is 142 Å². The summed E-state index contributed by atoms with van der Waals surface area (Å²) in [5.74, 6) is -1.54. The number of carboxylic acids is 1. The topological polar surface area (TPSA) is 73.7 Å². The monoisotopic (exact) mass is 357 g/mol. The van der Waals surface area contributed by atoms with Gasteiger partial charge in [-0.25, -0.2) is 4.98 Å². The molecule has 1 aromatic rings. The van der Waals surface area contributed by atoms with Crippen molar-refractivity contribution in [2.24, 2.45) is 5.92 Å². The van der Waals surface area contributed by atoms with Gasteiger partial charge in [-0.15, -0.1) is 0 Å². The molecule has 3 heterocycles. The molecule has 1 N–H and O–H groups in total. The quantitative estimate of drug-likeness (QED) is 0.896. The maximum absolute atomic E-state index is 12.8. The molecule has 0 bridgehead atoms. The maximum atomic E-state index is 12.8. The Bertz CT molecular complexity index is 672. The van der Waals surface area contributed by atoms with Gasteiger partial charge < -0.3 is 14.9 Å². The molecule has 2 aliphatic rings. The molecular formula is C16H18F3N3O3. The lowest BCUT2D eigenvalue weighted by atomic mass is 10.0. The van der Waals surface area contributed by atoms with Crippen molar-refractivity contribution < 1.29 is 27.9 Å². The van der Waals surface area contributed by atoms with Gasteiger partial charge >= 0.3 is 12.1 Å². The van der Waals surface area contributed by atoms with E-state index in [2.05, 4.69) is 4.98 Å². The molecule has 1 aromatic heterocycles. The van der Waals surface area contributed by atoms with Gasteiger partial charge in [0.05, 0.1) is 11.5 Å². The third-order valence-electron chi connectivity index (χ3n) is 4.81. The van der Waals surface area contributed by atoms with E-state index >= 15 is 0 Å². The van der Waals surface area contributed by atoms with Gasteiger partial charge in [0.2, 0.25) is 5.91 Å². The van der Waals surface area contributed by atoms with Crippen LogP contribution in [-0.4, -0.2) is 52.5 Å². The van der Waals surface area contributed by atoms with E-state index in [0.29, 0.717) is 25.9 Å². The van der Waals surface area contributed by atoms with Crippen LogP contribution in [0.5, 0.6) is 0 Å². The molecule has 0 aromatic carbocycles. The Morgan fingerprint density at radius 2 is 1.96 bits per heavy atom. The number of hydrogen-bond acceptors (Lipinski definition) is 4. The number of hydrogen-bond donors (Lipinski definition) is 1. The van der Waals surface area contributed by atoms with Gasteiger partial charge in [-0.1, -0.05) is 0 Å². The van der Waals surface area contributed by atoms with Gasteiger partial charge in [-0.2, -0.15) is 13.2 Å². The molecule has 2 saturated heterocycles. The van der Waals surface area contributed by atoms with Crippen LogP contribution in [0.2, 0.25) is 0 Å². The van der Waals surface area contributed by atoms with Crippen molar-refractivity contribution in [2.45, 2.75) is 31.5 Å². The fourth-order valence-corrected chi connectivity index (χ4v) is 3.42. The van der Waals surface area contributed by atoms with Crippen LogP contribution in [0.4, 0.5) is 19.0 Å². The molecule has 9 heteroatoms. The number of alkyl halides is 3. The first kappa shape index (κ1) is 17.5.